The van der Waals surface area contributed by atoms with E-state index in [1.807, 2.05) is 35.7 Å². The summed E-state index contributed by atoms with van der Waals surface area (Å²) >= 11 is 3.98. The van der Waals surface area contributed by atoms with Crippen molar-refractivity contribution in [2.24, 2.45) is 0 Å². The van der Waals surface area contributed by atoms with Crippen molar-refractivity contribution in [1.82, 2.24) is 10.2 Å². The molecule has 0 atom stereocenters. The lowest BCUT2D eigenvalue weighted by atomic mass is 10.1. The molecule has 1 amide bonds. The van der Waals surface area contributed by atoms with E-state index in [1.54, 1.807) is 0 Å². The second-order valence-corrected chi connectivity index (χ2v) is 9.85. The molecule has 2 aromatic carbocycles. The number of rotatable bonds is 6. The molecule has 2 heterocycles. The van der Waals surface area contributed by atoms with Crippen LogP contribution in [0.3, 0.4) is 0 Å². The second-order valence-electron chi connectivity index (χ2n) is 7.13. The van der Waals surface area contributed by atoms with Crippen LogP contribution < -0.4 is 5.32 Å². The molecule has 0 aliphatic carbocycles. The number of benzene rings is 2. The molecule has 2 saturated heterocycles. The van der Waals surface area contributed by atoms with Crippen molar-refractivity contribution in [3.05, 3.63) is 70.8 Å². The van der Waals surface area contributed by atoms with Crippen LogP contribution >= 0.6 is 23.5 Å². The van der Waals surface area contributed by atoms with Crippen molar-refractivity contribution in [2.45, 2.75) is 30.5 Å². The van der Waals surface area contributed by atoms with E-state index in [2.05, 4.69) is 46.6 Å². The maximum Gasteiger partial charge on any atom is 0.251 e. The molecule has 2 aliphatic heterocycles. The molecule has 1 N–H and O–H groups in total. The van der Waals surface area contributed by atoms with Gasteiger partial charge in [0.15, 0.2) is 0 Å². The highest BCUT2D eigenvalue weighted by Crippen LogP contribution is 2.45. The van der Waals surface area contributed by atoms with Crippen LogP contribution in [-0.4, -0.2) is 35.4 Å². The third kappa shape index (κ3) is 4.89. The first-order valence-corrected chi connectivity index (χ1v) is 11.8. The summed E-state index contributed by atoms with van der Waals surface area (Å²) in [4.78, 5) is 15.1. The molecular weight excluding hydrogens is 372 g/mol. The molecule has 0 aromatic heterocycles. The van der Waals surface area contributed by atoms with Crippen LogP contribution in [0.4, 0.5) is 0 Å². The van der Waals surface area contributed by atoms with Crippen molar-refractivity contribution in [1.29, 1.82) is 0 Å². The molecule has 4 rings (SSSR count). The third-order valence-electron chi connectivity index (χ3n) is 5.22. The van der Waals surface area contributed by atoms with Gasteiger partial charge in [-0.3, -0.25) is 9.69 Å². The summed E-state index contributed by atoms with van der Waals surface area (Å²) in [5, 5.41) is 3.10. The first-order valence-electron chi connectivity index (χ1n) is 9.70. The quantitative estimate of drug-likeness (QED) is 0.765. The Hall–Kier alpha value is -1.43. The number of likely N-dealkylation sites (tertiary alicyclic amines) is 1. The molecule has 2 aromatic rings. The molecule has 2 aliphatic rings. The Kier molecular flexibility index (Phi) is 6.43. The topological polar surface area (TPSA) is 32.3 Å². The summed E-state index contributed by atoms with van der Waals surface area (Å²) in [6.07, 6.45) is 2.60. The maximum absolute atomic E-state index is 12.6. The van der Waals surface area contributed by atoms with E-state index in [1.165, 1.54) is 54.1 Å². The van der Waals surface area contributed by atoms with Gasteiger partial charge in [0.2, 0.25) is 0 Å². The molecule has 2 fully saturated rings. The Morgan fingerprint density at radius 1 is 0.963 bits per heavy atom. The Morgan fingerprint density at radius 2 is 1.63 bits per heavy atom. The molecular formula is C22H26N2OS2. The van der Waals surface area contributed by atoms with Crippen LogP contribution in [0.5, 0.6) is 0 Å². The van der Waals surface area contributed by atoms with Crippen molar-refractivity contribution < 1.29 is 4.79 Å². The highest BCUT2D eigenvalue weighted by Gasteiger charge is 2.18. The van der Waals surface area contributed by atoms with Crippen LogP contribution in [0.15, 0.2) is 48.5 Å². The molecule has 0 radical (unpaired) electrons. The normalized spacial score (nSPS) is 18.1. The van der Waals surface area contributed by atoms with Gasteiger partial charge in [0.05, 0.1) is 4.58 Å². The molecule has 27 heavy (non-hydrogen) atoms. The molecule has 3 nitrogen and oxygen atoms in total. The van der Waals surface area contributed by atoms with Crippen LogP contribution in [0.1, 0.15) is 44.5 Å². The Morgan fingerprint density at radius 3 is 2.33 bits per heavy atom. The minimum atomic E-state index is 0.00394. The average molecular weight is 399 g/mol. The molecule has 0 unspecified atom stereocenters. The van der Waals surface area contributed by atoms with E-state index < -0.39 is 0 Å². The first kappa shape index (κ1) is 18.9. The summed E-state index contributed by atoms with van der Waals surface area (Å²) in [6, 6.07) is 16.6. The monoisotopic (exact) mass is 398 g/mol. The fourth-order valence-corrected chi connectivity index (χ4v) is 6.55. The van der Waals surface area contributed by atoms with Gasteiger partial charge in [-0.05, 0) is 54.8 Å². The molecule has 0 saturated carbocycles. The molecule has 0 bridgehead atoms. The fourth-order valence-electron chi connectivity index (χ4n) is 3.69. The van der Waals surface area contributed by atoms with Crippen LogP contribution in [-0.2, 0) is 13.1 Å². The number of amides is 1. The van der Waals surface area contributed by atoms with Gasteiger partial charge in [-0.25, -0.2) is 0 Å². The van der Waals surface area contributed by atoms with Gasteiger partial charge in [-0.1, -0.05) is 36.4 Å². The molecule has 142 valence electrons. The summed E-state index contributed by atoms with van der Waals surface area (Å²) in [7, 11) is 0. The van der Waals surface area contributed by atoms with E-state index in [0.717, 1.165) is 12.1 Å². The third-order valence-corrected chi connectivity index (χ3v) is 8.32. The van der Waals surface area contributed by atoms with E-state index in [0.29, 0.717) is 11.1 Å². The van der Waals surface area contributed by atoms with Gasteiger partial charge in [0.1, 0.15) is 0 Å². The first-order chi connectivity index (χ1) is 13.3. The predicted molar refractivity (Wildman–Crippen MR) is 116 cm³/mol. The highest BCUT2D eigenvalue weighted by atomic mass is 32.2. The Bertz CT molecular complexity index is 766. The van der Waals surface area contributed by atoms with Crippen molar-refractivity contribution in [3.8, 4) is 0 Å². The van der Waals surface area contributed by atoms with Gasteiger partial charge in [0, 0.05) is 30.2 Å². The van der Waals surface area contributed by atoms with Gasteiger partial charge in [0.25, 0.3) is 5.91 Å². The Balaban J connectivity index is 1.36. The number of carbonyl (C=O) groups is 1. The lowest BCUT2D eigenvalue weighted by molar-refractivity contribution is 0.0950. The van der Waals surface area contributed by atoms with Crippen LogP contribution in [0.2, 0.25) is 0 Å². The van der Waals surface area contributed by atoms with Crippen molar-refractivity contribution >= 4 is 29.4 Å². The lowest BCUT2D eigenvalue weighted by Crippen LogP contribution is -2.25. The van der Waals surface area contributed by atoms with Crippen LogP contribution in [0.25, 0.3) is 0 Å². The van der Waals surface area contributed by atoms with Gasteiger partial charge in [-0.15, -0.1) is 23.5 Å². The van der Waals surface area contributed by atoms with E-state index >= 15 is 0 Å². The molecule has 0 spiro atoms. The number of hydrogen-bond donors (Lipinski definition) is 1. The zero-order valence-corrected chi connectivity index (χ0v) is 17.2. The zero-order chi connectivity index (χ0) is 18.5. The summed E-state index contributed by atoms with van der Waals surface area (Å²) in [5.74, 6) is 2.44. The fraction of sp³-hybridized carbons (Fsp3) is 0.409. The van der Waals surface area contributed by atoms with Crippen LogP contribution in [0, 0.1) is 0 Å². The SMILES string of the molecule is O=C(NCc1ccccc1CN1CCCC1)c1ccc(C2SCCS2)cc1. The van der Waals surface area contributed by atoms with Crippen molar-refractivity contribution in [3.63, 3.8) is 0 Å². The molecule has 5 heteroatoms. The minimum Gasteiger partial charge on any atom is -0.348 e. The van der Waals surface area contributed by atoms with Crippen molar-refractivity contribution in [2.75, 3.05) is 24.6 Å². The number of nitrogens with zero attached hydrogens (tertiary/aromatic N) is 1. The highest BCUT2D eigenvalue weighted by molar-refractivity contribution is 8.19. The smallest absolute Gasteiger partial charge is 0.251 e. The van der Waals surface area contributed by atoms with E-state index in [-0.39, 0.29) is 5.91 Å². The predicted octanol–water partition coefficient (Wildman–Crippen LogP) is 4.69. The number of thioether (sulfide) groups is 2. The van der Waals surface area contributed by atoms with E-state index in [9.17, 15) is 4.79 Å². The summed E-state index contributed by atoms with van der Waals surface area (Å²) in [5.41, 5.74) is 4.59. The Labute approximate surface area is 170 Å². The zero-order valence-electron chi connectivity index (χ0n) is 15.5. The largest absolute Gasteiger partial charge is 0.348 e. The lowest BCUT2D eigenvalue weighted by Gasteiger charge is -2.17. The summed E-state index contributed by atoms with van der Waals surface area (Å²) < 4.78 is 0.527. The number of carbonyl (C=O) groups excluding carboxylic acids is 1. The standard InChI is InChI=1S/C22H26N2OS2/c25-21(17-7-9-18(10-8-17)22-26-13-14-27-22)23-15-19-5-1-2-6-20(19)16-24-11-3-4-12-24/h1-2,5-10,22H,3-4,11-16H2,(H,23,25). The van der Waals surface area contributed by atoms with Gasteiger partial charge < -0.3 is 5.32 Å². The number of nitrogens with one attached hydrogen (secondary N) is 1. The van der Waals surface area contributed by atoms with Gasteiger partial charge >= 0.3 is 0 Å². The maximum atomic E-state index is 12.6. The second kappa shape index (κ2) is 9.18. The average Bonchev–Trinajstić information content (AvgIpc) is 3.41. The number of hydrogen-bond acceptors (Lipinski definition) is 4. The summed E-state index contributed by atoms with van der Waals surface area (Å²) in [6.45, 7) is 3.94. The van der Waals surface area contributed by atoms with Gasteiger partial charge in [-0.2, -0.15) is 0 Å². The van der Waals surface area contributed by atoms with E-state index in [4.69, 9.17) is 0 Å². The minimum absolute atomic E-state index is 0.00394.